The molecule has 0 amide bonds. The predicted molar refractivity (Wildman–Crippen MR) is 116 cm³/mol. The van der Waals surface area contributed by atoms with Crippen LogP contribution in [0, 0.1) is 11.8 Å². The normalized spacial score (nSPS) is 39.5. The molecule has 4 atom stereocenters. The maximum absolute atomic E-state index is 2.28. The highest BCUT2D eigenvalue weighted by molar-refractivity contribution is 8.09. The number of hydrogen-bond donors (Lipinski definition) is 0. The first-order chi connectivity index (χ1) is 10.9. The summed E-state index contributed by atoms with van der Waals surface area (Å²) in [7, 11) is 0. The van der Waals surface area contributed by atoms with Crippen LogP contribution in [0.1, 0.15) is 12.8 Å². The topological polar surface area (TPSA) is 0 Å². The molecule has 3 saturated heterocycles. The molecule has 0 aromatic rings. The van der Waals surface area contributed by atoms with Gasteiger partial charge < -0.3 is 0 Å². The van der Waals surface area contributed by atoms with Gasteiger partial charge in [-0.1, -0.05) is 0 Å². The molecule has 0 aromatic heterocycles. The van der Waals surface area contributed by atoms with Crippen LogP contribution in [0.4, 0.5) is 0 Å². The molecule has 126 valence electrons. The van der Waals surface area contributed by atoms with Gasteiger partial charge in [-0.05, 0) is 47.7 Å². The van der Waals surface area contributed by atoms with E-state index >= 15 is 0 Å². The second-order valence-electron chi connectivity index (χ2n) is 6.94. The van der Waals surface area contributed by atoms with Crippen LogP contribution in [0.5, 0.6) is 0 Å². The number of fused-ring (bicyclic) bond motifs is 1. The lowest BCUT2D eigenvalue weighted by Gasteiger charge is -2.18. The van der Waals surface area contributed by atoms with E-state index in [1.54, 1.807) is 0 Å². The van der Waals surface area contributed by atoms with E-state index in [1.165, 1.54) is 58.9 Å². The summed E-state index contributed by atoms with van der Waals surface area (Å²) >= 11 is 13.3. The lowest BCUT2D eigenvalue weighted by atomic mass is 10.1. The Hall–Kier alpha value is 2.10. The van der Waals surface area contributed by atoms with Crippen LogP contribution < -0.4 is 0 Å². The molecule has 1 saturated carbocycles. The predicted octanol–water partition coefficient (Wildman–Crippen LogP) is 4.93. The molecule has 0 aromatic carbocycles. The van der Waals surface area contributed by atoms with Gasteiger partial charge in [0.25, 0.3) is 0 Å². The minimum atomic E-state index is 0.956. The number of hydrogen-bond acceptors (Lipinski definition) is 6. The van der Waals surface area contributed by atoms with Gasteiger partial charge in [-0.25, -0.2) is 0 Å². The van der Waals surface area contributed by atoms with E-state index in [9.17, 15) is 0 Å². The molecular formula is C16H26S6. The van der Waals surface area contributed by atoms with E-state index in [4.69, 9.17) is 0 Å². The molecule has 0 radical (unpaired) electrons. The van der Waals surface area contributed by atoms with Crippen molar-refractivity contribution in [3.63, 3.8) is 0 Å². The van der Waals surface area contributed by atoms with Crippen LogP contribution in [0.3, 0.4) is 0 Å². The van der Waals surface area contributed by atoms with Crippen molar-refractivity contribution >= 4 is 70.6 Å². The Bertz CT molecular complexity index is 329. The molecule has 0 spiro atoms. The first kappa shape index (κ1) is 17.5. The van der Waals surface area contributed by atoms with Gasteiger partial charge in [0.15, 0.2) is 0 Å². The number of thioether (sulfide) groups is 6. The average molecular weight is 411 g/mol. The standard InChI is InChI=1S/C16H26S6/c1-11(2-16-15(1)22-16)3-17-4-12(5-18-7-13-9-20-13)6-19-8-14-10-21-14/h11-16H,1-10H2. The summed E-state index contributed by atoms with van der Waals surface area (Å²) in [6, 6.07) is 0. The molecule has 4 aliphatic rings. The summed E-state index contributed by atoms with van der Waals surface area (Å²) in [5, 5.41) is 4.19. The maximum Gasteiger partial charge on any atom is 0.0229 e. The van der Waals surface area contributed by atoms with Crippen LogP contribution in [0.2, 0.25) is 0 Å². The van der Waals surface area contributed by atoms with Crippen molar-refractivity contribution in [3.8, 4) is 0 Å². The number of rotatable bonds is 12. The second kappa shape index (κ2) is 8.66. The Labute approximate surface area is 161 Å². The van der Waals surface area contributed by atoms with Crippen molar-refractivity contribution in [2.24, 2.45) is 11.8 Å². The molecule has 4 unspecified atom stereocenters. The lowest BCUT2D eigenvalue weighted by molar-refractivity contribution is 0.619. The van der Waals surface area contributed by atoms with E-state index in [2.05, 4.69) is 70.6 Å². The van der Waals surface area contributed by atoms with Gasteiger partial charge in [-0.3, -0.25) is 0 Å². The van der Waals surface area contributed by atoms with Crippen molar-refractivity contribution in [2.45, 2.75) is 33.8 Å². The second-order valence-corrected chi connectivity index (χ2v) is 14.3. The third-order valence-electron chi connectivity index (χ3n) is 4.65. The summed E-state index contributed by atoms with van der Waals surface area (Å²) in [5.74, 6) is 13.4. The van der Waals surface area contributed by atoms with E-state index in [-0.39, 0.29) is 0 Å². The Morgan fingerprint density at radius 2 is 1.27 bits per heavy atom. The van der Waals surface area contributed by atoms with Crippen LogP contribution in [0.15, 0.2) is 0 Å². The quantitative estimate of drug-likeness (QED) is 0.415. The summed E-state index contributed by atoms with van der Waals surface area (Å²) < 4.78 is 0. The summed E-state index contributed by atoms with van der Waals surface area (Å²) in [6.45, 7) is 0. The van der Waals surface area contributed by atoms with Gasteiger partial charge in [-0.2, -0.15) is 70.6 Å². The van der Waals surface area contributed by atoms with Gasteiger partial charge in [0, 0.05) is 44.0 Å². The van der Waals surface area contributed by atoms with E-state index < -0.39 is 0 Å². The molecule has 0 nitrogen and oxygen atoms in total. The van der Waals surface area contributed by atoms with Crippen molar-refractivity contribution < 1.29 is 0 Å². The molecular weight excluding hydrogens is 385 g/mol. The lowest BCUT2D eigenvalue weighted by Crippen LogP contribution is -2.14. The van der Waals surface area contributed by atoms with Crippen LogP contribution in [-0.2, 0) is 0 Å². The van der Waals surface area contributed by atoms with Gasteiger partial charge >= 0.3 is 0 Å². The highest BCUT2D eigenvalue weighted by Crippen LogP contribution is 2.55. The molecule has 1 aliphatic carbocycles. The highest BCUT2D eigenvalue weighted by atomic mass is 32.2. The Morgan fingerprint density at radius 3 is 1.77 bits per heavy atom. The Morgan fingerprint density at radius 1 is 0.773 bits per heavy atom. The van der Waals surface area contributed by atoms with Gasteiger partial charge in [0.05, 0.1) is 0 Å². The fourth-order valence-corrected chi connectivity index (χ4v) is 10.5. The largest absolute Gasteiger partial charge is 0.161 e. The molecule has 3 aliphatic heterocycles. The first-order valence-electron chi connectivity index (χ1n) is 8.48. The van der Waals surface area contributed by atoms with Crippen molar-refractivity contribution in [2.75, 3.05) is 46.0 Å². The molecule has 3 heterocycles. The fourth-order valence-electron chi connectivity index (χ4n) is 3.09. The summed E-state index contributed by atoms with van der Waals surface area (Å²) in [5.41, 5.74) is 0. The molecule has 0 bridgehead atoms. The molecule has 4 fully saturated rings. The Kier molecular flexibility index (Phi) is 6.89. The highest BCUT2D eigenvalue weighted by Gasteiger charge is 2.46. The monoisotopic (exact) mass is 410 g/mol. The fraction of sp³-hybridized carbons (Fsp3) is 1.00. The first-order valence-corrected chi connectivity index (χ1v) is 15.0. The molecule has 6 heteroatoms. The summed E-state index contributed by atoms with van der Waals surface area (Å²) in [6.07, 6.45) is 3.07. The van der Waals surface area contributed by atoms with Gasteiger partial charge in [0.1, 0.15) is 0 Å². The van der Waals surface area contributed by atoms with Crippen LogP contribution >= 0.6 is 70.6 Å². The molecule has 0 N–H and O–H groups in total. The van der Waals surface area contributed by atoms with Crippen LogP contribution in [0.25, 0.3) is 0 Å². The minimum Gasteiger partial charge on any atom is -0.161 e. The maximum atomic E-state index is 2.28. The third kappa shape index (κ3) is 6.12. The van der Waals surface area contributed by atoms with Gasteiger partial charge in [0.2, 0.25) is 0 Å². The molecule has 4 rings (SSSR count). The van der Waals surface area contributed by atoms with Crippen molar-refractivity contribution in [1.29, 1.82) is 0 Å². The summed E-state index contributed by atoms with van der Waals surface area (Å²) in [4.78, 5) is 0. The zero-order valence-electron chi connectivity index (χ0n) is 13.0. The van der Waals surface area contributed by atoms with Crippen molar-refractivity contribution in [1.82, 2.24) is 0 Å². The molecule has 22 heavy (non-hydrogen) atoms. The smallest absolute Gasteiger partial charge is 0.0229 e. The van der Waals surface area contributed by atoms with Crippen LogP contribution in [-0.4, -0.2) is 67.0 Å². The zero-order valence-corrected chi connectivity index (χ0v) is 17.9. The zero-order chi connectivity index (χ0) is 14.8. The van der Waals surface area contributed by atoms with Crippen molar-refractivity contribution in [3.05, 3.63) is 0 Å². The van der Waals surface area contributed by atoms with E-state index in [1.807, 2.05) is 0 Å². The third-order valence-corrected chi connectivity index (χ3v) is 12.5. The van der Waals surface area contributed by atoms with Gasteiger partial charge in [-0.15, -0.1) is 0 Å². The SMILES string of the molecule is C(SCC1CC2SC2C1)C(CSCC1CS1)CSCC1CS1. The average Bonchev–Trinajstić information content (AvgIpc) is 3.37. The Balaban J connectivity index is 1.10. The van der Waals surface area contributed by atoms with E-state index in [0.717, 1.165) is 32.8 Å². The van der Waals surface area contributed by atoms with E-state index in [0.29, 0.717) is 0 Å². The minimum absolute atomic E-state index is 0.956.